The summed E-state index contributed by atoms with van der Waals surface area (Å²) in [5.41, 5.74) is 3.73. The highest BCUT2D eigenvalue weighted by Crippen LogP contribution is 2.35. The molecule has 0 bridgehead atoms. The van der Waals surface area contributed by atoms with E-state index in [0.29, 0.717) is 54.6 Å². The van der Waals surface area contributed by atoms with E-state index in [2.05, 4.69) is 41.7 Å². The summed E-state index contributed by atoms with van der Waals surface area (Å²) in [6.45, 7) is 9.03. The number of pyridine rings is 1. The number of nitrogens with one attached hydrogen (secondary N) is 3. The molecule has 1 aliphatic heterocycles. The summed E-state index contributed by atoms with van der Waals surface area (Å²) in [5.74, 6) is 1.44. The molecule has 1 saturated heterocycles. The molecule has 0 unspecified atom stereocenters. The van der Waals surface area contributed by atoms with Crippen LogP contribution in [0.3, 0.4) is 0 Å². The quantitative estimate of drug-likeness (QED) is 0.157. The Bertz CT molecular complexity index is 2170. The lowest BCUT2D eigenvalue weighted by atomic mass is 9.92. The van der Waals surface area contributed by atoms with Gasteiger partial charge >= 0.3 is 6.03 Å². The number of hydrogen-bond donors (Lipinski definition) is 3. The number of hydrogen-bond acceptors (Lipinski definition) is 7. The summed E-state index contributed by atoms with van der Waals surface area (Å²) in [4.78, 5) is 30.6. The number of nitrogens with zero attached hydrogens (tertiary/aromatic N) is 4. The summed E-state index contributed by atoms with van der Waals surface area (Å²) in [6.07, 6.45) is 3.98. The van der Waals surface area contributed by atoms with Gasteiger partial charge in [-0.3, -0.25) is 15.1 Å². The van der Waals surface area contributed by atoms with Crippen LogP contribution in [0.25, 0.3) is 16.5 Å². The molecule has 5 aromatic rings. The van der Waals surface area contributed by atoms with Gasteiger partial charge in [-0.25, -0.2) is 22.2 Å². The highest BCUT2D eigenvalue weighted by Gasteiger charge is 2.26. The Morgan fingerprint density at radius 1 is 0.922 bits per heavy atom. The predicted molar refractivity (Wildman–Crippen MR) is 199 cm³/mol. The number of anilines is 2. The van der Waals surface area contributed by atoms with Crippen molar-refractivity contribution in [1.29, 1.82) is 0 Å². The molecular formula is C38H43N7O5S. The van der Waals surface area contributed by atoms with Crippen molar-refractivity contribution in [2.75, 3.05) is 30.0 Å². The molecule has 3 amide bonds. The van der Waals surface area contributed by atoms with Gasteiger partial charge in [-0.1, -0.05) is 62.7 Å². The molecule has 12 nitrogen and oxygen atoms in total. The third-order valence-corrected chi connectivity index (χ3v) is 10.1. The van der Waals surface area contributed by atoms with Crippen molar-refractivity contribution in [3.05, 3.63) is 102 Å². The number of aromatic nitrogens is 3. The minimum absolute atomic E-state index is 0.0578. The minimum atomic E-state index is -3.23. The molecule has 0 spiro atoms. The van der Waals surface area contributed by atoms with Crippen LogP contribution in [0.4, 0.5) is 16.3 Å². The highest BCUT2D eigenvalue weighted by atomic mass is 32.2. The number of carbonyl (C=O) groups excluding carboxylic acids is 2. The van der Waals surface area contributed by atoms with Crippen molar-refractivity contribution >= 4 is 44.2 Å². The maximum Gasteiger partial charge on any atom is 0.324 e. The van der Waals surface area contributed by atoms with Crippen molar-refractivity contribution < 1.29 is 22.7 Å². The van der Waals surface area contributed by atoms with Crippen LogP contribution in [-0.4, -0.2) is 64.8 Å². The van der Waals surface area contributed by atoms with Crippen molar-refractivity contribution in [2.45, 2.75) is 58.4 Å². The molecule has 1 aliphatic rings. The molecule has 3 N–H and O–H groups in total. The van der Waals surface area contributed by atoms with Crippen LogP contribution in [0.15, 0.2) is 85.1 Å². The van der Waals surface area contributed by atoms with Gasteiger partial charge in [-0.2, -0.15) is 5.10 Å². The molecule has 0 aliphatic carbocycles. The second-order valence-corrected chi connectivity index (χ2v) is 15.9. The zero-order chi connectivity index (χ0) is 36.3. The minimum Gasteiger partial charge on any atom is -0.457 e. The molecule has 266 valence electrons. The largest absolute Gasteiger partial charge is 0.457 e. The van der Waals surface area contributed by atoms with Crippen molar-refractivity contribution in [1.82, 2.24) is 24.4 Å². The molecule has 2 aromatic heterocycles. The van der Waals surface area contributed by atoms with Gasteiger partial charge in [-0.05, 0) is 50.1 Å². The second kappa shape index (κ2) is 14.5. The average Bonchev–Trinajstić information content (AvgIpc) is 3.50. The predicted octanol–water partition coefficient (Wildman–Crippen LogP) is 6.55. The first kappa shape index (κ1) is 35.6. The fourth-order valence-electron chi connectivity index (χ4n) is 5.98. The smallest absolute Gasteiger partial charge is 0.324 e. The van der Waals surface area contributed by atoms with Gasteiger partial charge < -0.3 is 15.4 Å². The summed E-state index contributed by atoms with van der Waals surface area (Å²) in [6, 6.07) is 24.0. The van der Waals surface area contributed by atoms with E-state index in [1.54, 1.807) is 35.1 Å². The summed E-state index contributed by atoms with van der Waals surface area (Å²) in [5, 5.41) is 15.4. The molecule has 0 radical (unpaired) electrons. The molecular weight excluding hydrogens is 667 g/mol. The number of amides is 3. The van der Waals surface area contributed by atoms with Gasteiger partial charge in [0.15, 0.2) is 0 Å². The topological polar surface area (TPSA) is 148 Å². The SMILES string of the molecule is Cc1ccc(-n2nc(C(C)(C)C)cc2NC(=O)Nc2ccc(Oc3ccnc(CC(=O)NC4CCN(S(C)(=O)=O)CC4)c3)c3ccccc23)cc1. The maximum atomic E-state index is 13.4. The zero-order valence-electron chi connectivity index (χ0n) is 29.4. The zero-order valence-corrected chi connectivity index (χ0v) is 30.3. The number of carbonyl (C=O) groups is 2. The second-order valence-electron chi connectivity index (χ2n) is 13.9. The van der Waals surface area contributed by atoms with Crippen LogP contribution in [-0.2, 0) is 26.7 Å². The molecule has 0 atom stereocenters. The lowest BCUT2D eigenvalue weighted by Gasteiger charge is -2.30. The first-order valence-electron chi connectivity index (χ1n) is 16.9. The van der Waals surface area contributed by atoms with Gasteiger partial charge in [0.2, 0.25) is 15.9 Å². The van der Waals surface area contributed by atoms with E-state index >= 15 is 0 Å². The Kier molecular flexibility index (Phi) is 10.1. The number of urea groups is 1. The van der Waals surface area contributed by atoms with Crippen LogP contribution < -0.4 is 20.7 Å². The summed E-state index contributed by atoms with van der Waals surface area (Å²) in [7, 11) is -3.23. The van der Waals surface area contributed by atoms with Gasteiger partial charge in [0.25, 0.3) is 0 Å². The number of piperidine rings is 1. The van der Waals surface area contributed by atoms with E-state index in [0.717, 1.165) is 27.7 Å². The normalized spacial score (nSPS) is 14.3. The molecule has 51 heavy (non-hydrogen) atoms. The monoisotopic (exact) mass is 709 g/mol. The van der Waals surface area contributed by atoms with Crippen LogP contribution in [0.2, 0.25) is 0 Å². The number of ether oxygens (including phenoxy) is 1. The van der Waals surface area contributed by atoms with Crippen LogP contribution >= 0.6 is 0 Å². The molecule has 0 saturated carbocycles. The summed E-state index contributed by atoms with van der Waals surface area (Å²) < 4.78 is 33.1. The fraction of sp³-hybridized carbons (Fsp3) is 0.316. The van der Waals surface area contributed by atoms with Crippen LogP contribution in [0, 0.1) is 6.92 Å². The fourth-order valence-corrected chi connectivity index (χ4v) is 6.85. The maximum absolute atomic E-state index is 13.4. The number of rotatable bonds is 9. The van der Waals surface area contributed by atoms with Crippen LogP contribution in [0.5, 0.6) is 11.5 Å². The average molecular weight is 710 g/mol. The third-order valence-electron chi connectivity index (χ3n) is 8.78. The Morgan fingerprint density at radius 3 is 2.31 bits per heavy atom. The molecule has 1 fully saturated rings. The number of fused-ring (bicyclic) bond motifs is 1. The van der Waals surface area contributed by atoms with Crippen molar-refractivity contribution in [3.63, 3.8) is 0 Å². The van der Waals surface area contributed by atoms with Crippen LogP contribution in [0.1, 0.15) is 50.6 Å². The Labute approximate surface area is 298 Å². The Balaban J connectivity index is 1.14. The van der Waals surface area contributed by atoms with E-state index in [-0.39, 0.29) is 23.8 Å². The van der Waals surface area contributed by atoms with Gasteiger partial charge in [0, 0.05) is 53.6 Å². The van der Waals surface area contributed by atoms with Gasteiger partial charge in [-0.15, -0.1) is 0 Å². The van der Waals surface area contributed by atoms with Crippen molar-refractivity contribution in [3.8, 4) is 17.2 Å². The highest BCUT2D eigenvalue weighted by molar-refractivity contribution is 7.88. The molecule has 13 heteroatoms. The van der Waals surface area contributed by atoms with E-state index in [1.807, 2.05) is 61.5 Å². The first-order chi connectivity index (χ1) is 24.2. The van der Waals surface area contributed by atoms with Gasteiger partial charge in [0.05, 0.1) is 35.4 Å². The standard InChI is InChI=1S/C38H43N7O5S/c1-25-10-12-28(13-11-25)45-35(24-34(43-45)38(2,3)4)42-37(47)41-32-14-15-33(31-9-7-6-8-30(31)32)50-29-16-19-39-27(22-29)23-36(46)40-26-17-20-44(21-18-26)51(5,48)49/h6-16,19,22,24,26H,17-18,20-21,23H2,1-5H3,(H,40,46)(H2,41,42,47). The number of sulfonamides is 1. The lowest BCUT2D eigenvalue weighted by Crippen LogP contribution is -2.46. The summed E-state index contributed by atoms with van der Waals surface area (Å²) >= 11 is 0. The van der Waals surface area contributed by atoms with E-state index in [4.69, 9.17) is 9.84 Å². The van der Waals surface area contributed by atoms with E-state index < -0.39 is 16.1 Å². The molecule has 3 heterocycles. The van der Waals surface area contributed by atoms with Gasteiger partial charge in [0.1, 0.15) is 17.3 Å². The molecule has 6 rings (SSSR count). The Hall–Kier alpha value is -5.27. The lowest BCUT2D eigenvalue weighted by molar-refractivity contribution is -0.121. The van der Waals surface area contributed by atoms with E-state index in [9.17, 15) is 18.0 Å². The third kappa shape index (κ3) is 8.73. The van der Waals surface area contributed by atoms with E-state index in [1.165, 1.54) is 10.6 Å². The number of aryl methyl sites for hydroxylation is 1. The number of benzene rings is 3. The van der Waals surface area contributed by atoms with Crippen molar-refractivity contribution in [2.24, 2.45) is 0 Å². The first-order valence-corrected chi connectivity index (χ1v) is 18.7. The Morgan fingerprint density at radius 2 is 1.63 bits per heavy atom. The molecule has 3 aromatic carbocycles.